The van der Waals surface area contributed by atoms with E-state index in [-0.39, 0.29) is 23.8 Å². The summed E-state index contributed by atoms with van der Waals surface area (Å²) in [6.45, 7) is 2.08. The van der Waals surface area contributed by atoms with Gasteiger partial charge in [0.25, 0.3) is 0 Å². The molecule has 0 amide bonds. The normalized spacial score (nSPS) is 28.4. The zero-order valence-electron chi connectivity index (χ0n) is 8.47. The quantitative estimate of drug-likeness (QED) is 0.886. The van der Waals surface area contributed by atoms with Gasteiger partial charge in [-0.3, -0.25) is 0 Å². The minimum absolute atomic E-state index is 0. The number of hydrogen-bond acceptors (Lipinski definition) is 1. The van der Waals surface area contributed by atoms with Gasteiger partial charge in [0.05, 0.1) is 4.47 Å². The Morgan fingerprint density at radius 2 is 2.27 bits per heavy atom. The molecule has 0 heterocycles. The topological polar surface area (TPSA) is 26.0 Å². The van der Waals surface area contributed by atoms with E-state index in [1.807, 2.05) is 6.07 Å². The first-order valence-corrected chi connectivity index (χ1v) is 5.60. The Morgan fingerprint density at radius 1 is 1.60 bits per heavy atom. The molecule has 1 nitrogen and oxygen atoms in total. The predicted octanol–water partition coefficient (Wildman–Crippen LogP) is 3.60. The monoisotopic (exact) mass is 293 g/mol. The molecular formula is C11H14BrClFN. The van der Waals surface area contributed by atoms with Crippen LogP contribution in [0.25, 0.3) is 0 Å². The molecular weight excluding hydrogens is 280 g/mol. The lowest BCUT2D eigenvalue weighted by Gasteiger charge is -2.08. The van der Waals surface area contributed by atoms with E-state index in [1.165, 1.54) is 0 Å². The van der Waals surface area contributed by atoms with E-state index in [9.17, 15) is 4.39 Å². The van der Waals surface area contributed by atoms with Crippen LogP contribution in [0.15, 0.2) is 22.7 Å². The maximum absolute atomic E-state index is 13.2. The SMILES string of the molecule is CC[C@@]1(N)C[C@@H]1c1ccc(Br)c(F)c1.Cl. The summed E-state index contributed by atoms with van der Waals surface area (Å²) in [5.41, 5.74) is 7.02. The maximum Gasteiger partial charge on any atom is 0.137 e. The van der Waals surface area contributed by atoms with Crippen molar-refractivity contribution in [1.82, 2.24) is 0 Å². The Hall–Kier alpha value is -0.120. The van der Waals surface area contributed by atoms with Gasteiger partial charge in [0.2, 0.25) is 0 Å². The molecule has 84 valence electrons. The molecule has 0 spiro atoms. The minimum Gasteiger partial charge on any atom is -0.325 e. The Kier molecular flexibility index (Phi) is 3.80. The number of halogens is 3. The van der Waals surface area contributed by atoms with Gasteiger partial charge in [-0.1, -0.05) is 13.0 Å². The molecule has 0 aliphatic heterocycles. The first-order valence-electron chi connectivity index (χ1n) is 4.80. The fourth-order valence-corrected chi connectivity index (χ4v) is 2.14. The third-order valence-corrected chi connectivity index (χ3v) is 3.77. The molecule has 1 aromatic carbocycles. The van der Waals surface area contributed by atoms with E-state index >= 15 is 0 Å². The van der Waals surface area contributed by atoms with Gasteiger partial charge in [0, 0.05) is 11.5 Å². The van der Waals surface area contributed by atoms with Crippen molar-refractivity contribution in [2.75, 3.05) is 0 Å². The standard InChI is InChI=1S/C11H13BrFN.ClH/c1-2-11(14)6-8(11)7-3-4-9(12)10(13)5-7;/h3-5,8H,2,6,14H2,1H3;1H/t8-,11-;/m1./s1. The summed E-state index contributed by atoms with van der Waals surface area (Å²) in [5, 5.41) is 0. The van der Waals surface area contributed by atoms with Crippen LogP contribution >= 0.6 is 28.3 Å². The molecule has 1 saturated carbocycles. The smallest absolute Gasteiger partial charge is 0.137 e. The summed E-state index contributed by atoms with van der Waals surface area (Å²) in [4.78, 5) is 0. The zero-order chi connectivity index (χ0) is 10.3. The van der Waals surface area contributed by atoms with Gasteiger partial charge >= 0.3 is 0 Å². The average Bonchev–Trinajstić information content (AvgIpc) is 2.84. The van der Waals surface area contributed by atoms with E-state index < -0.39 is 0 Å². The first-order chi connectivity index (χ1) is 6.57. The van der Waals surface area contributed by atoms with Gasteiger partial charge in [-0.2, -0.15) is 0 Å². The van der Waals surface area contributed by atoms with Crippen molar-refractivity contribution in [2.24, 2.45) is 5.73 Å². The first kappa shape index (κ1) is 12.9. The molecule has 1 fully saturated rings. The lowest BCUT2D eigenvalue weighted by atomic mass is 10.1. The van der Waals surface area contributed by atoms with Crippen molar-refractivity contribution in [3.8, 4) is 0 Å². The summed E-state index contributed by atoms with van der Waals surface area (Å²) in [6.07, 6.45) is 1.93. The molecule has 1 aliphatic rings. The molecule has 0 bridgehead atoms. The van der Waals surface area contributed by atoms with Crippen molar-refractivity contribution in [3.63, 3.8) is 0 Å². The van der Waals surface area contributed by atoms with Gasteiger partial charge in [-0.25, -0.2) is 4.39 Å². The maximum atomic E-state index is 13.2. The van der Waals surface area contributed by atoms with Crippen LogP contribution in [0.3, 0.4) is 0 Å². The second-order valence-corrected chi connectivity index (χ2v) is 4.87. The molecule has 1 aliphatic carbocycles. The Labute approximate surface area is 104 Å². The van der Waals surface area contributed by atoms with Gasteiger partial charge in [-0.05, 0) is 46.5 Å². The Bertz CT molecular complexity index is 372. The second-order valence-electron chi connectivity index (χ2n) is 4.02. The highest BCUT2D eigenvalue weighted by Crippen LogP contribution is 2.51. The van der Waals surface area contributed by atoms with Crippen LogP contribution in [-0.2, 0) is 0 Å². The molecule has 2 rings (SSSR count). The fourth-order valence-electron chi connectivity index (χ4n) is 1.89. The van der Waals surface area contributed by atoms with Crippen LogP contribution in [0.4, 0.5) is 4.39 Å². The largest absolute Gasteiger partial charge is 0.325 e. The van der Waals surface area contributed by atoms with Gasteiger partial charge in [0.15, 0.2) is 0 Å². The Morgan fingerprint density at radius 3 is 2.73 bits per heavy atom. The van der Waals surface area contributed by atoms with Gasteiger partial charge in [-0.15, -0.1) is 12.4 Å². The zero-order valence-corrected chi connectivity index (χ0v) is 10.9. The van der Waals surface area contributed by atoms with Crippen LogP contribution < -0.4 is 5.73 Å². The number of benzene rings is 1. The number of rotatable bonds is 2. The van der Waals surface area contributed by atoms with Gasteiger partial charge < -0.3 is 5.73 Å². The Balaban J connectivity index is 0.00000112. The lowest BCUT2D eigenvalue weighted by Crippen LogP contribution is -2.22. The molecule has 1 aromatic rings. The highest BCUT2D eigenvalue weighted by molar-refractivity contribution is 9.10. The van der Waals surface area contributed by atoms with E-state index in [2.05, 4.69) is 22.9 Å². The van der Waals surface area contributed by atoms with Crippen molar-refractivity contribution in [3.05, 3.63) is 34.1 Å². The van der Waals surface area contributed by atoms with Crippen LogP contribution in [0.2, 0.25) is 0 Å². The van der Waals surface area contributed by atoms with E-state index in [4.69, 9.17) is 5.73 Å². The van der Waals surface area contributed by atoms with Crippen molar-refractivity contribution < 1.29 is 4.39 Å². The van der Waals surface area contributed by atoms with E-state index in [0.717, 1.165) is 18.4 Å². The lowest BCUT2D eigenvalue weighted by molar-refractivity contribution is 0.608. The number of nitrogens with two attached hydrogens (primary N) is 1. The highest BCUT2D eigenvalue weighted by atomic mass is 79.9. The van der Waals surface area contributed by atoms with Crippen LogP contribution in [0.1, 0.15) is 31.2 Å². The molecule has 0 aromatic heterocycles. The number of hydrogen-bond donors (Lipinski definition) is 1. The second kappa shape index (κ2) is 4.40. The van der Waals surface area contributed by atoms with Crippen LogP contribution in [-0.4, -0.2) is 5.54 Å². The summed E-state index contributed by atoms with van der Waals surface area (Å²) < 4.78 is 13.8. The molecule has 15 heavy (non-hydrogen) atoms. The minimum atomic E-state index is -0.201. The fraction of sp³-hybridized carbons (Fsp3) is 0.455. The summed E-state index contributed by atoms with van der Waals surface area (Å²) in [6, 6.07) is 5.28. The molecule has 2 atom stereocenters. The summed E-state index contributed by atoms with van der Waals surface area (Å²) >= 11 is 3.14. The third kappa shape index (κ3) is 2.35. The van der Waals surface area contributed by atoms with E-state index in [0.29, 0.717) is 10.4 Å². The van der Waals surface area contributed by atoms with Crippen LogP contribution in [0.5, 0.6) is 0 Å². The van der Waals surface area contributed by atoms with Crippen molar-refractivity contribution in [2.45, 2.75) is 31.2 Å². The molecule has 0 saturated heterocycles. The molecule has 0 unspecified atom stereocenters. The van der Waals surface area contributed by atoms with Crippen molar-refractivity contribution in [1.29, 1.82) is 0 Å². The molecule has 4 heteroatoms. The van der Waals surface area contributed by atoms with E-state index in [1.54, 1.807) is 12.1 Å². The van der Waals surface area contributed by atoms with Crippen LogP contribution in [0, 0.1) is 5.82 Å². The molecule has 0 radical (unpaired) electrons. The molecule has 2 N–H and O–H groups in total. The average molecular weight is 295 g/mol. The predicted molar refractivity (Wildman–Crippen MR) is 65.9 cm³/mol. The summed E-state index contributed by atoms with van der Waals surface area (Å²) in [5.74, 6) is 0.142. The summed E-state index contributed by atoms with van der Waals surface area (Å²) in [7, 11) is 0. The van der Waals surface area contributed by atoms with Gasteiger partial charge in [0.1, 0.15) is 5.82 Å². The third-order valence-electron chi connectivity index (χ3n) is 3.12. The van der Waals surface area contributed by atoms with Crippen molar-refractivity contribution >= 4 is 28.3 Å². The highest BCUT2D eigenvalue weighted by Gasteiger charge is 2.50.